The molecule has 0 atom stereocenters. The van der Waals surface area contributed by atoms with E-state index in [4.69, 9.17) is 10.5 Å². The zero-order valence-electron chi connectivity index (χ0n) is 18.9. The summed E-state index contributed by atoms with van der Waals surface area (Å²) in [6.07, 6.45) is -1.46. The number of pyridine rings is 1. The largest absolute Gasteiger partial charge is 0.439 e. The maximum atomic E-state index is 13.3. The van der Waals surface area contributed by atoms with Crippen LogP contribution in [0.15, 0.2) is 79.3 Å². The molecule has 186 valence electrons. The van der Waals surface area contributed by atoms with E-state index in [-0.39, 0.29) is 23.2 Å². The number of aromatic nitrogens is 3. The lowest BCUT2D eigenvalue weighted by atomic mass is 10.0. The molecule has 12 heteroatoms. The van der Waals surface area contributed by atoms with E-state index in [1.807, 2.05) is 6.07 Å². The summed E-state index contributed by atoms with van der Waals surface area (Å²) in [6, 6.07) is 15.1. The lowest BCUT2D eigenvalue weighted by Gasteiger charge is -2.21. The van der Waals surface area contributed by atoms with Gasteiger partial charge in [0.15, 0.2) is 0 Å². The highest BCUT2D eigenvalue weighted by Crippen LogP contribution is 2.38. The maximum absolute atomic E-state index is 13.3. The third kappa shape index (κ3) is 4.76. The number of imide groups is 1. The number of rotatable bonds is 5. The van der Waals surface area contributed by atoms with Crippen molar-refractivity contribution in [1.82, 2.24) is 15.0 Å². The molecule has 0 saturated carbocycles. The van der Waals surface area contributed by atoms with Gasteiger partial charge in [-0.15, -0.1) is 0 Å². The van der Waals surface area contributed by atoms with E-state index in [2.05, 4.69) is 15.0 Å². The Kier molecular flexibility index (Phi) is 5.91. The van der Waals surface area contributed by atoms with Gasteiger partial charge in [-0.3, -0.25) is 14.7 Å². The van der Waals surface area contributed by atoms with Crippen LogP contribution in [0.3, 0.4) is 0 Å². The Hall–Kier alpha value is -5.00. The fourth-order valence-electron chi connectivity index (χ4n) is 3.83. The van der Waals surface area contributed by atoms with Crippen LogP contribution in [0.5, 0.6) is 11.6 Å². The number of halogens is 3. The summed E-state index contributed by atoms with van der Waals surface area (Å²) >= 11 is 0. The first kappa shape index (κ1) is 23.7. The monoisotopic (exact) mass is 506 g/mol. The van der Waals surface area contributed by atoms with Crippen molar-refractivity contribution in [2.75, 3.05) is 22.1 Å². The van der Waals surface area contributed by atoms with E-state index in [9.17, 15) is 22.8 Å². The third-order valence-corrected chi connectivity index (χ3v) is 5.49. The van der Waals surface area contributed by atoms with Gasteiger partial charge in [-0.05, 0) is 29.8 Å². The number of carbonyl (C=O) groups is 2. The second kappa shape index (κ2) is 9.22. The van der Waals surface area contributed by atoms with Crippen molar-refractivity contribution in [3.8, 4) is 22.8 Å². The zero-order valence-corrected chi connectivity index (χ0v) is 18.9. The number of benzene rings is 2. The molecule has 9 nitrogen and oxygen atoms in total. The van der Waals surface area contributed by atoms with Gasteiger partial charge in [-0.25, -0.2) is 14.7 Å². The van der Waals surface area contributed by atoms with Crippen molar-refractivity contribution in [2.45, 2.75) is 6.18 Å². The van der Waals surface area contributed by atoms with Crippen LogP contribution < -0.4 is 20.3 Å². The molecule has 2 aromatic heterocycles. The minimum Gasteiger partial charge on any atom is -0.439 e. The smallest absolute Gasteiger partial charge is 0.417 e. The number of nitrogen functional groups attached to an aromatic ring is 1. The molecule has 1 saturated heterocycles. The van der Waals surface area contributed by atoms with Crippen molar-refractivity contribution in [3.63, 3.8) is 0 Å². The number of ether oxygens (including phenoxy) is 1. The molecule has 1 fully saturated rings. The molecular weight excluding hydrogens is 489 g/mol. The summed E-state index contributed by atoms with van der Waals surface area (Å²) in [5.41, 5.74) is 5.82. The van der Waals surface area contributed by atoms with Crippen molar-refractivity contribution in [1.29, 1.82) is 0 Å². The van der Waals surface area contributed by atoms with Gasteiger partial charge in [0.25, 0.3) is 5.91 Å². The predicted octanol–water partition coefficient (Wildman–Crippen LogP) is 4.91. The molecular formula is C25H17F3N6O3. The van der Waals surface area contributed by atoms with E-state index in [0.29, 0.717) is 23.1 Å². The Labute approximate surface area is 208 Å². The number of amides is 3. The van der Waals surface area contributed by atoms with Crippen molar-refractivity contribution in [2.24, 2.45) is 0 Å². The molecule has 3 amide bonds. The number of nitrogens with zero attached hydrogens (tertiary/aromatic N) is 5. The molecule has 0 bridgehead atoms. The molecule has 4 aromatic rings. The Morgan fingerprint density at radius 2 is 1.76 bits per heavy atom. The first-order valence-corrected chi connectivity index (χ1v) is 10.8. The van der Waals surface area contributed by atoms with E-state index in [1.165, 1.54) is 24.4 Å². The van der Waals surface area contributed by atoms with Gasteiger partial charge < -0.3 is 10.5 Å². The highest BCUT2D eigenvalue weighted by Gasteiger charge is 2.40. The predicted molar refractivity (Wildman–Crippen MR) is 128 cm³/mol. The Bertz CT molecular complexity index is 1500. The number of anilines is 3. The number of alkyl halides is 3. The first-order chi connectivity index (χ1) is 17.7. The minimum atomic E-state index is -4.65. The lowest BCUT2D eigenvalue weighted by molar-refractivity contribution is -0.137. The van der Waals surface area contributed by atoms with E-state index in [0.717, 1.165) is 22.1 Å². The van der Waals surface area contributed by atoms with Crippen molar-refractivity contribution in [3.05, 3.63) is 84.8 Å². The fourth-order valence-corrected chi connectivity index (χ4v) is 3.83. The van der Waals surface area contributed by atoms with Crippen LogP contribution >= 0.6 is 0 Å². The van der Waals surface area contributed by atoms with Crippen LogP contribution in [0.25, 0.3) is 11.1 Å². The van der Waals surface area contributed by atoms with Gasteiger partial charge in [-0.1, -0.05) is 30.3 Å². The van der Waals surface area contributed by atoms with Crippen LogP contribution in [0.2, 0.25) is 0 Å². The number of urea groups is 1. The molecule has 0 spiro atoms. The van der Waals surface area contributed by atoms with E-state index in [1.54, 1.807) is 30.3 Å². The number of hydrogen-bond acceptors (Lipinski definition) is 7. The summed E-state index contributed by atoms with van der Waals surface area (Å²) in [5, 5.41) is 0. The van der Waals surface area contributed by atoms with Crippen LogP contribution in [0.1, 0.15) is 5.56 Å². The standard InChI is InChI=1S/C25H17F3N6O3/c26-25(27,28)16-10-17(13-30-12-16)33-14-22(35)34(24(33)36)20-7-6-18(37-21-8-9-31-23(29)32-21)11-19(20)15-4-2-1-3-5-15/h1-13H,14H2,(H2,29,31,32). The van der Waals surface area contributed by atoms with Crippen LogP contribution in [0, 0.1) is 0 Å². The second-order valence-electron chi connectivity index (χ2n) is 7.93. The normalized spacial score (nSPS) is 13.8. The van der Waals surface area contributed by atoms with Crippen molar-refractivity contribution >= 4 is 29.3 Å². The van der Waals surface area contributed by atoms with Gasteiger partial charge >= 0.3 is 12.2 Å². The van der Waals surface area contributed by atoms with E-state index < -0.39 is 30.2 Å². The Balaban J connectivity index is 1.53. The summed E-state index contributed by atoms with van der Waals surface area (Å²) in [6.45, 7) is -0.450. The van der Waals surface area contributed by atoms with Gasteiger partial charge in [0.05, 0.1) is 23.1 Å². The summed E-state index contributed by atoms with van der Waals surface area (Å²) in [5.74, 6) is -0.0544. The van der Waals surface area contributed by atoms with Crippen LogP contribution in [0.4, 0.5) is 35.3 Å². The maximum Gasteiger partial charge on any atom is 0.417 e. The molecule has 1 aliphatic rings. The first-order valence-electron chi connectivity index (χ1n) is 10.8. The number of carbonyl (C=O) groups excluding carboxylic acids is 2. The third-order valence-electron chi connectivity index (χ3n) is 5.49. The SMILES string of the molecule is Nc1nccc(Oc2ccc(N3C(=O)CN(c4cncc(C(F)(F)F)c4)C3=O)c(-c3ccccc3)c2)n1. The van der Waals surface area contributed by atoms with Gasteiger partial charge in [-0.2, -0.15) is 18.2 Å². The molecule has 2 N–H and O–H groups in total. The average molecular weight is 506 g/mol. The Morgan fingerprint density at radius 1 is 0.973 bits per heavy atom. The summed E-state index contributed by atoms with van der Waals surface area (Å²) in [7, 11) is 0. The highest BCUT2D eigenvalue weighted by molar-refractivity contribution is 6.28. The summed E-state index contributed by atoms with van der Waals surface area (Å²) in [4.78, 5) is 39.6. The van der Waals surface area contributed by atoms with Crippen LogP contribution in [-0.4, -0.2) is 33.4 Å². The molecule has 0 radical (unpaired) electrons. The Morgan fingerprint density at radius 3 is 2.49 bits per heavy atom. The topological polar surface area (TPSA) is 115 Å². The zero-order chi connectivity index (χ0) is 26.2. The molecule has 1 aliphatic heterocycles. The van der Waals surface area contributed by atoms with Gasteiger partial charge in [0, 0.05) is 24.0 Å². The number of nitrogens with two attached hydrogens (primary N) is 1. The van der Waals surface area contributed by atoms with Gasteiger partial charge in [0.1, 0.15) is 12.3 Å². The number of hydrogen-bond donors (Lipinski definition) is 1. The molecule has 0 unspecified atom stereocenters. The van der Waals surface area contributed by atoms with Crippen LogP contribution in [-0.2, 0) is 11.0 Å². The molecule has 5 rings (SSSR count). The fraction of sp³-hybridized carbons (Fsp3) is 0.0800. The minimum absolute atomic E-state index is 0.0230. The molecule has 3 heterocycles. The summed E-state index contributed by atoms with van der Waals surface area (Å²) < 4.78 is 45.3. The average Bonchev–Trinajstić information content (AvgIpc) is 3.18. The lowest BCUT2D eigenvalue weighted by Crippen LogP contribution is -2.33. The molecule has 37 heavy (non-hydrogen) atoms. The highest BCUT2D eigenvalue weighted by atomic mass is 19.4. The quantitative estimate of drug-likeness (QED) is 0.383. The van der Waals surface area contributed by atoms with Crippen molar-refractivity contribution < 1.29 is 27.5 Å². The molecule has 0 aliphatic carbocycles. The van der Waals surface area contributed by atoms with E-state index >= 15 is 0 Å². The molecule has 2 aromatic carbocycles. The van der Waals surface area contributed by atoms with Gasteiger partial charge in [0.2, 0.25) is 11.8 Å². The second-order valence-corrected chi connectivity index (χ2v) is 7.93.